The van der Waals surface area contributed by atoms with E-state index in [-0.39, 0.29) is 11.5 Å². The Hall–Kier alpha value is -2.70. The van der Waals surface area contributed by atoms with Gasteiger partial charge < -0.3 is 0 Å². The molecular formula is C10H6N4O3. The number of fused-ring (bicyclic) bond motifs is 1. The fourth-order valence-electron chi connectivity index (χ4n) is 1.64. The third kappa shape index (κ3) is 1.36. The molecular weight excluding hydrogens is 224 g/mol. The number of H-pyrrole nitrogens is 1. The van der Waals surface area contributed by atoms with Gasteiger partial charge in [0.15, 0.2) is 12.1 Å². The Morgan fingerprint density at radius 2 is 2.29 bits per heavy atom. The maximum atomic E-state index is 10.9. The fraction of sp³-hybridized carbons (Fsp3) is 0. The fourth-order valence-corrected chi connectivity index (χ4v) is 1.64. The first-order valence-corrected chi connectivity index (χ1v) is 4.78. The summed E-state index contributed by atoms with van der Waals surface area (Å²) < 4.78 is 6.06. The molecule has 0 aliphatic carbocycles. The summed E-state index contributed by atoms with van der Waals surface area (Å²) in [6, 6.07) is 5.32. The van der Waals surface area contributed by atoms with Gasteiger partial charge in [-0.3, -0.25) is 18.7 Å². The molecule has 0 aromatic carbocycles. The first-order chi connectivity index (χ1) is 8.29. The average molecular weight is 230 g/mol. The van der Waals surface area contributed by atoms with E-state index >= 15 is 0 Å². The van der Waals surface area contributed by atoms with E-state index in [1.165, 1.54) is 0 Å². The number of rotatable bonds is 2. The van der Waals surface area contributed by atoms with Gasteiger partial charge in [0.2, 0.25) is 5.82 Å². The van der Waals surface area contributed by atoms with Crippen molar-refractivity contribution < 1.29 is 9.32 Å². The van der Waals surface area contributed by atoms with Gasteiger partial charge in [0.05, 0.1) is 5.52 Å². The van der Waals surface area contributed by atoms with Crippen LogP contribution in [0, 0.1) is 0 Å². The summed E-state index contributed by atoms with van der Waals surface area (Å²) in [5, 5.41) is 3.54. The molecule has 17 heavy (non-hydrogen) atoms. The summed E-state index contributed by atoms with van der Waals surface area (Å²) in [6.45, 7) is 0. The Morgan fingerprint density at radius 3 is 3.00 bits per heavy atom. The highest BCUT2D eigenvalue weighted by Crippen LogP contribution is 2.17. The van der Waals surface area contributed by atoms with Crippen LogP contribution in [0.4, 0.5) is 0 Å². The van der Waals surface area contributed by atoms with Crippen LogP contribution in [0.25, 0.3) is 17.2 Å². The minimum atomic E-state index is -0.666. The van der Waals surface area contributed by atoms with E-state index < -0.39 is 5.76 Å². The molecule has 3 rings (SSSR count). The lowest BCUT2D eigenvalue weighted by Gasteiger charge is -1.94. The van der Waals surface area contributed by atoms with Gasteiger partial charge in [-0.2, -0.15) is 0 Å². The second-order valence-corrected chi connectivity index (χ2v) is 3.34. The normalized spacial score (nSPS) is 10.8. The number of carbonyl (C=O) groups excluding carboxylic acids is 1. The van der Waals surface area contributed by atoms with E-state index in [0.717, 1.165) is 0 Å². The standard InChI is InChI=1S/C10H6N4O3/c15-5-6-7-3-1-2-4-14(7)9(11-6)8-12-10(16)17-13-8/h1-5H,(H,12,13,16). The number of nitrogens with zero attached hydrogens (tertiary/aromatic N) is 3. The number of carbonyl (C=O) groups is 1. The van der Waals surface area contributed by atoms with Gasteiger partial charge >= 0.3 is 5.76 Å². The molecule has 0 aliphatic heterocycles. The van der Waals surface area contributed by atoms with Gasteiger partial charge in [0.1, 0.15) is 5.69 Å². The predicted octanol–water partition coefficient (Wildman–Crippen LogP) is 0.490. The van der Waals surface area contributed by atoms with Crippen LogP contribution in [0.2, 0.25) is 0 Å². The molecule has 0 bridgehead atoms. The Bertz CT molecular complexity index is 752. The zero-order valence-electron chi connectivity index (χ0n) is 8.45. The molecule has 0 spiro atoms. The number of hydrogen-bond acceptors (Lipinski definition) is 5. The van der Waals surface area contributed by atoms with Crippen molar-refractivity contribution in [1.82, 2.24) is 19.5 Å². The number of aldehydes is 1. The molecule has 1 N–H and O–H groups in total. The van der Waals surface area contributed by atoms with Gasteiger partial charge in [0, 0.05) is 6.20 Å². The molecule has 3 aromatic rings. The van der Waals surface area contributed by atoms with Crippen LogP contribution in [0.15, 0.2) is 33.7 Å². The van der Waals surface area contributed by atoms with Crippen LogP contribution in [0.5, 0.6) is 0 Å². The summed E-state index contributed by atoms with van der Waals surface area (Å²) >= 11 is 0. The summed E-state index contributed by atoms with van der Waals surface area (Å²) in [5.74, 6) is -0.127. The van der Waals surface area contributed by atoms with Crippen molar-refractivity contribution >= 4 is 11.8 Å². The predicted molar refractivity (Wildman–Crippen MR) is 56.7 cm³/mol. The first kappa shape index (κ1) is 9.52. The van der Waals surface area contributed by atoms with E-state index in [9.17, 15) is 9.59 Å². The third-order valence-electron chi connectivity index (χ3n) is 2.34. The number of nitrogens with one attached hydrogen (secondary N) is 1. The summed E-state index contributed by atoms with van der Waals surface area (Å²) in [6.07, 6.45) is 2.37. The van der Waals surface area contributed by atoms with Crippen molar-refractivity contribution in [3.8, 4) is 11.6 Å². The molecule has 3 heterocycles. The van der Waals surface area contributed by atoms with Gasteiger partial charge in [-0.1, -0.05) is 11.2 Å². The largest absolute Gasteiger partial charge is 0.439 e. The lowest BCUT2D eigenvalue weighted by Crippen LogP contribution is -1.96. The minimum absolute atomic E-state index is 0.185. The lowest BCUT2D eigenvalue weighted by molar-refractivity contribution is 0.112. The topological polar surface area (TPSA) is 93.3 Å². The van der Waals surface area contributed by atoms with Crippen molar-refractivity contribution in [3.63, 3.8) is 0 Å². The van der Waals surface area contributed by atoms with Crippen LogP contribution in [0.3, 0.4) is 0 Å². The Labute approximate surface area is 93.7 Å². The van der Waals surface area contributed by atoms with E-state index in [0.29, 0.717) is 17.6 Å². The molecule has 0 amide bonds. The maximum Gasteiger partial charge on any atom is 0.439 e. The van der Waals surface area contributed by atoms with Crippen LogP contribution in [-0.2, 0) is 0 Å². The molecule has 3 aromatic heterocycles. The molecule has 0 aliphatic rings. The van der Waals surface area contributed by atoms with Crippen molar-refractivity contribution in [3.05, 3.63) is 40.6 Å². The second kappa shape index (κ2) is 3.41. The SMILES string of the molecule is O=Cc1nc(-c2noc(=O)[nH]2)n2ccccc12. The zero-order chi connectivity index (χ0) is 11.8. The number of aromatic amines is 1. The molecule has 0 saturated heterocycles. The number of imidazole rings is 1. The quantitative estimate of drug-likeness (QED) is 0.646. The van der Waals surface area contributed by atoms with Crippen LogP contribution < -0.4 is 5.76 Å². The Balaban J connectivity index is 2.37. The second-order valence-electron chi connectivity index (χ2n) is 3.34. The lowest BCUT2D eigenvalue weighted by atomic mass is 10.3. The van der Waals surface area contributed by atoms with E-state index in [1.807, 2.05) is 0 Å². The van der Waals surface area contributed by atoms with Crippen LogP contribution >= 0.6 is 0 Å². The van der Waals surface area contributed by atoms with Gasteiger partial charge in [0.25, 0.3) is 0 Å². The Kier molecular flexibility index (Phi) is 1.91. The highest BCUT2D eigenvalue weighted by molar-refractivity contribution is 5.85. The van der Waals surface area contributed by atoms with Gasteiger partial charge in [-0.15, -0.1) is 0 Å². The van der Waals surface area contributed by atoms with Crippen molar-refractivity contribution in [2.45, 2.75) is 0 Å². The summed E-state index contributed by atoms with van der Waals surface area (Å²) in [5.41, 5.74) is 0.922. The Morgan fingerprint density at radius 1 is 1.41 bits per heavy atom. The maximum absolute atomic E-state index is 10.9. The molecule has 84 valence electrons. The smallest absolute Gasteiger partial charge is 0.296 e. The number of hydrogen-bond donors (Lipinski definition) is 1. The van der Waals surface area contributed by atoms with Crippen molar-refractivity contribution in [2.24, 2.45) is 0 Å². The molecule has 0 unspecified atom stereocenters. The third-order valence-corrected chi connectivity index (χ3v) is 2.34. The highest BCUT2D eigenvalue weighted by atomic mass is 16.5. The van der Waals surface area contributed by atoms with Crippen LogP contribution in [-0.4, -0.2) is 25.8 Å². The average Bonchev–Trinajstić information content (AvgIpc) is 2.92. The number of pyridine rings is 1. The molecule has 7 nitrogen and oxygen atoms in total. The highest BCUT2D eigenvalue weighted by Gasteiger charge is 2.14. The monoisotopic (exact) mass is 230 g/mol. The van der Waals surface area contributed by atoms with Crippen molar-refractivity contribution in [1.29, 1.82) is 0 Å². The van der Waals surface area contributed by atoms with Gasteiger partial charge in [-0.05, 0) is 12.1 Å². The van der Waals surface area contributed by atoms with Crippen LogP contribution in [0.1, 0.15) is 10.5 Å². The van der Waals surface area contributed by atoms with E-state index in [1.54, 1.807) is 28.8 Å². The molecule has 0 saturated carbocycles. The molecule has 7 heteroatoms. The summed E-state index contributed by atoms with van der Waals surface area (Å²) in [4.78, 5) is 28.2. The summed E-state index contributed by atoms with van der Waals surface area (Å²) in [7, 11) is 0. The molecule has 0 fully saturated rings. The number of aromatic nitrogens is 4. The molecule has 0 atom stereocenters. The van der Waals surface area contributed by atoms with Gasteiger partial charge in [-0.25, -0.2) is 9.78 Å². The molecule has 0 radical (unpaired) electrons. The van der Waals surface area contributed by atoms with E-state index in [4.69, 9.17) is 0 Å². The van der Waals surface area contributed by atoms with E-state index in [2.05, 4.69) is 19.6 Å². The zero-order valence-corrected chi connectivity index (χ0v) is 8.45. The first-order valence-electron chi connectivity index (χ1n) is 4.78. The van der Waals surface area contributed by atoms with Crippen molar-refractivity contribution in [2.75, 3.05) is 0 Å². The minimum Gasteiger partial charge on any atom is -0.296 e.